The second-order valence-corrected chi connectivity index (χ2v) is 5.46. The lowest BCUT2D eigenvalue weighted by Gasteiger charge is -2.28. The highest BCUT2D eigenvalue weighted by Gasteiger charge is 2.23. The number of carbonyl (C=O) groups excluding carboxylic acids is 2. The predicted molar refractivity (Wildman–Crippen MR) is 65.8 cm³/mol. The SMILES string of the molecule is O=C1CCCCC(=O)OCC2CCC(CC2)CO1. The molecule has 0 N–H and O–H groups in total. The summed E-state index contributed by atoms with van der Waals surface area (Å²) in [6.45, 7) is 1.15. The fraction of sp³-hybridized carbons (Fsp3) is 0.857. The molecular formula is C14H22O4. The van der Waals surface area contributed by atoms with Crippen LogP contribution in [0.3, 0.4) is 0 Å². The van der Waals surface area contributed by atoms with Crippen LogP contribution in [0.5, 0.6) is 0 Å². The third-order valence-electron chi connectivity index (χ3n) is 3.94. The third-order valence-corrected chi connectivity index (χ3v) is 3.94. The molecule has 4 heteroatoms. The van der Waals surface area contributed by atoms with Crippen molar-refractivity contribution in [3.63, 3.8) is 0 Å². The van der Waals surface area contributed by atoms with E-state index in [1.165, 1.54) is 0 Å². The van der Waals surface area contributed by atoms with Gasteiger partial charge in [-0.25, -0.2) is 0 Å². The molecule has 2 aliphatic heterocycles. The number of hydrogen-bond donors (Lipinski definition) is 0. The first-order valence-electron chi connectivity index (χ1n) is 7.05. The topological polar surface area (TPSA) is 52.6 Å². The zero-order valence-corrected chi connectivity index (χ0v) is 10.9. The Labute approximate surface area is 108 Å². The summed E-state index contributed by atoms with van der Waals surface area (Å²) in [5, 5.41) is 0. The molecule has 0 radical (unpaired) electrons. The maximum Gasteiger partial charge on any atom is 0.305 e. The minimum absolute atomic E-state index is 0.123. The van der Waals surface area contributed by atoms with Gasteiger partial charge >= 0.3 is 11.9 Å². The lowest BCUT2D eigenvalue weighted by molar-refractivity contribution is -0.149. The van der Waals surface area contributed by atoms with E-state index in [0.29, 0.717) is 50.7 Å². The monoisotopic (exact) mass is 254 g/mol. The van der Waals surface area contributed by atoms with Gasteiger partial charge < -0.3 is 9.47 Å². The van der Waals surface area contributed by atoms with E-state index in [2.05, 4.69) is 0 Å². The Morgan fingerprint density at radius 2 is 1.11 bits per heavy atom. The van der Waals surface area contributed by atoms with Crippen LogP contribution >= 0.6 is 0 Å². The van der Waals surface area contributed by atoms with E-state index in [1.54, 1.807) is 0 Å². The molecule has 2 heterocycles. The molecule has 0 atom stereocenters. The van der Waals surface area contributed by atoms with Gasteiger partial charge in [0, 0.05) is 12.8 Å². The van der Waals surface area contributed by atoms with Crippen LogP contribution in [0.15, 0.2) is 0 Å². The minimum atomic E-state index is -0.123. The standard InChI is InChI=1S/C14H22O4/c15-13-3-1-2-4-14(16)18-10-12-7-5-11(6-8-12)9-17-13/h11-12H,1-10H2. The van der Waals surface area contributed by atoms with Crippen molar-refractivity contribution < 1.29 is 19.1 Å². The van der Waals surface area contributed by atoms with E-state index >= 15 is 0 Å². The molecule has 0 spiro atoms. The Bertz CT molecular complexity index is 262. The van der Waals surface area contributed by atoms with Gasteiger partial charge in [0.05, 0.1) is 13.2 Å². The Morgan fingerprint density at radius 1 is 0.722 bits per heavy atom. The second-order valence-electron chi connectivity index (χ2n) is 5.46. The lowest BCUT2D eigenvalue weighted by atomic mass is 9.83. The van der Waals surface area contributed by atoms with Crippen LogP contribution in [0.2, 0.25) is 0 Å². The van der Waals surface area contributed by atoms with Gasteiger partial charge in [-0.15, -0.1) is 0 Å². The highest BCUT2D eigenvalue weighted by molar-refractivity contribution is 5.70. The van der Waals surface area contributed by atoms with E-state index in [1.807, 2.05) is 0 Å². The second kappa shape index (κ2) is 6.76. The van der Waals surface area contributed by atoms with Crippen molar-refractivity contribution in [3.8, 4) is 0 Å². The van der Waals surface area contributed by atoms with Crippen LogP contribution in [-0.2, 0) is 19.1 Å². The largest absolute Gasteiger partial charge is 0.465 e. The van der Waals surface area contributed by atoms with Crippen molar-refractivity contribution in [2.24, 2.45) is 11.8 Å². The lowest BCUT2D eigenvalue weighted by Crippen LogP contribution is -2.24. The van der Waals surface area contributed by atoms with Gasteiger partial charge in [0.25, 0.3) is 0 Å². The average molecular weight is 254 g/mol. The Morgan fingerprint density at radius 3 is 1.50 bits per heavy atom. The molecule has 0 aromatic rings. The van der Waals surface area contributed by atoms with Crippen LogP contribution in [-0.4, -0.2) is 25.2 Å². The van der Waals surface area contributed by atoms with Crippen LogP contribution in [0.25, 0.3) is 0 Å². The minimum Gasteiger partial charge on any atom is -0.465 e. The molecule has 3 aliphatic rings. The van der Waals surface area contributed by atoms with E-state index in [9.17, 15) is 9.59 Å². The maximum absolute atomic E-state index is 11.5. The van der Waals surface area contributed by atoms with E-state index < -0.39 is 0 Å². The fourth-order valence-corrected chi connectivity index (χ4v) is 2.67. The molecular weight excluding hydrogens is 232 g/mol. The summed E-state index contributed by atoms with van der Waals surface area (Å²) in [6.07, 6.45) is 6.57. The highest BCUT2D eigenvalue weighted by Crippen LogP contribution is 2.29. The highest BCUT2D eigenvalue weighted by atomic mass is 16.5. The first-order valence-corrected chi connectivity index (χ1v) is 7.05. The summed E-state index contributed by atoms with van der Waals surface area (Å²) in [4.78, 5) is 22.9. The number of fused-ring (bicyclic) bond motifs is 11. The van der Waals surface area contributed by atoms with Gasteiger partial charge in [0.15, 0.2) is 0 Å². The maximum atomic E-state index is 11.5. The van der Waals surface area contributed by atoms with Crippen molar-refractivity contribution in [2.75, 3.05) is 13.2 Å². The van der Waals surface area contributed by atoms with Crippen molar-refractivity contribution in [1.29, 1.82) is 0 Å². The Balaban J connectivity index is 1.86. The molecule has 0 amide bonds. The van der Waals surface area contributed by atoms with E-state index in [0.717, 1.165) is 25.7 Å². The molecule has 3 fully saturated rings. The molecule has 1 saturated carbocycles. The van der Waals surface area contributed by atoms with Gasteiger partial charge in [-0.3, -0.25) is 9.59 Å². The van der Waals surface area contributed by atoms with Crippen LogP contribution in [0.1, 0.15) is 51.4 Å². The summed E-state index contributed by atoms with van der Waals surface area (Å²) in [6, 6.07) is 0. The Kier molecular flexibility index (Phi) is 5.02. The van der Waals surface area contributed by atoms with Gasteiger partial charge in [0.2, 0.25) is 0 Å². The zero-order chi connectivity index (χ0) is 12.8. The molecule has 2 bridgehead atoms. The van der Waals surface area contributed by atoms with Crippen molar-refractivity contribution >= 4 is 11.9 Å². The molecule has 0 aromatic heterocycles. The molecule has 3 rings (SSSR count). The summed E-state index contributed by atoms with van der Waals surface area (Å²) in [7, 11) is 0. The van der Waals surface area contributed by atoms with Gasteiger partial charge in [-0.05, 0) is 50.4 Å². The normalized spacial score (nSPS) is 31.3. The first-order chi connectivity index (χ1) is 8.74. The number of carbonyl (C=O) groups is 2. The zero-order valence-electron chi connectivity index (χ0n) is 10.9. The van der Waals surface area contributed by atoms with Crippen molar-refractivity contribution in [3.05, 3.63) is 0 Å². The summed E-state index contributed by atoms with van der Waals surface area (Å²) >= 11 is 0. The number of esters is 2. The summed E-state index contributed by atoms with van der Waals surface area (Å²) < 4.78 is 10.6. The summed E-state index contributed by atoms with van der Waals surface area (Å²) in [5.74, 6) is 0.762. The molecule has 4 nitrogen and oxygen atoms in total. The third kappa shape index (κ3) is 4.31. The van der Waals surface area contributed by atoms with Crippen molar-refractivity contribution in [1.82, 2.24) is 0 Å². The van der Waals surface area contributed by atoms with Gasteiger partial charge in [-0.2, -0.15) is 0 Å². The van der Waals surface area contributed by atoms with E-state index in [4.69, 9.17) is 9.47 Å². The smallest absolute Gasteiger partial charge is 0.305 e. The fourth-order valence-electron chi connectivity index (χ4n) is 2.67. The molecule has 1 aliphatic carbocycles. The average Bonchev–Trinajstić information content (AvgIpc) is 2.39. The summed E-state index contributed by atoms with van der Waals surface area (Å²) in [5.41, 5.74) is 0. The van der Waals surface area contributed by atoms with Crippen LogP contribution < -0.4 is 0 Å². The number of rotatable bonds is 0. The Hall–Kier alpha value is -1.06. The van der Waals surface area contributed by atoms with Crippen LogP contribution in [0.4, 0.5) is 0 Å². The molecule has 0 aromatic carbocycles. The first kappa shape index (κ1) is 13.4. The van der Waals surface area contributed by atoms with Crippen LogP contribution in [0, 0.1) is 11.8 Å². The molecule has 0 unspecified atom stereocenters. The van der Waals surface area contributed by atoms with E-state index in [-0.39, 0.29) is 11.9 Å². The van der Waals surface area contributed by atoms with Gasteiger partial charge in [0.1, 0.15) is 0 Å². The molecule has 102 valence electrons. The quantitative estimate of drug-likeness (QED) is 0.623. The van der Waals surface area contributed by atoms with Gasteiger partial charge in [-0.1, -0.05) is 0 Å². The molecule has 18 heavy (non-hydrogen) atoms. The number of hydrogen-bond acceptors (Lipinski definition) is 4. The predicted octanol–water partition coefficient (Wildman–Crippen LogP) is 2.45. The number of ether oxygens (including phenoxy) is 2. The molecule has 2 saturated heterocycles. The van der Waals surface area contributed by atoms with Crippen molar-refractivity contribution in [2.45, 2.75) is 51.4 Å².